The maximum absolute atomic E-state index is 14.3. The van der Waals surface area contributed by atoms with Gasteiger partial charge in [0.1, 0.15) is 24.0 Å². The van der Waals surface area contributed by atoms with Crippen LogP contribution in [0.25, 0.3) is 22.2 Å². The summed E-state index contributed by atoms with van der Waals surface area (Å²) in [6.45, 7) is 8.01. The second kappa shape index (κ2) is 9.78. The van der Waals surface area contributed by atoms with Gasteiger partial charge in [0.2, 0.25) is 0 Å². The van der Waals surface area contributed by atoms with E-state index in [0.717, 1.165) is 75.3 Å². The number of ether oxygens (including phenoxy) is 1. The highest BCUT2D eigenvalue weighted by atomic mass is 19.1. The quantitative estimate of drug-likeness (QED) is 0.320. The van der Waals surface area contributed by atoms with Crippen molar-refractivity contribution < 1.29 is 13.9 Å². The van der Waals surface area contributed by atoms with Gasteiger partial charge in [-0.05, 0) is 104 Å². The molecule has 0 radical (unpaired) electrons. The lowest BCUT2D eigenvalue weighted by Crippen LogP contribution is -2.47. The highest BCUT2D eigenvalue weighted by Gasteiger charge is 2.33. The number of carbonyl (C=O) groups excluding carboxylic acids is 1. The summed E-state index contributed by atoms with van der Waals surface area (Å²) in [7, 11) is 0. The van der Waals surface area contributed by atoms with Crippen LogP contribution in [0.3, 0.4) is 0 Å². The number of aryl methyl sites for hydroxylation is 3. The fraction of sp³-hybridized carbons (Fsp3) is 0.355. The Morgan fingerprint density at radius 1 is 1.03 bits per heavy atom. The molecule has 7 heteroatoms. The number of likely N-dealkylation sites (tertiary alicyclic amines) is 1. The Balaban J connectivity index is 1.30. The number of hydrogen-bond donors (Lipinski definition) is 1. The summed E-state index contributed by atoms with van der Waals surface area (Å²) in [5.41, 5.74) is 7.93. The first-order chi connectivity index (χ1) is 18.4. The maximum atomic E-state index is 14.3. The predicted molar refractivity (Wildman–Crippen MR) is 147 cm³/mol. The molecule has 0 aliphatic carbocycles. The number of halogens is 1. The van der Waals surface area contributed by atoms with Crippen molar-refractivity contribution >= 4 is 17.1 Å². The lowest BCUT2D eigenvalue weighted by Gasteiger charge is -2.39. The molecule has 196 valence electrons. The minimum absolute atomic E-state index is 0.00882. The Kier molecular flexibility index (Phi) is 6.30. The first kappa shape index (κ1) is 24.5. The van der Waals surface area contributed by atoms with Crippen molar-refractivity contribution in [1.29, 1.82) is 0 Å². The number of hydrogen-bond acceptors (Lipinski definition) is 3. The molecule has 1 N–H and O–H groups in total. The van der Waals surface area contributed by atoms with Crippen LogP contribution in [0.5, 0.6) is 5.75 Å². The number of carbonyl (C=O) groups is 1. The van der Waals surface area contributed by atoms with E-state index in [0.29, 0.717) is 26.2 Å². The molecule has 4 aromatic rings. The van der Waals surface area contributed by atoms with E-state index in [2.05, 4.69) is 41.2 Å². The fourth-order valence-corrected chi connectivity index (χ4v) is 6.01. The number of urea groups is 1. The molecule has 2 amide bonds. The molecule has 2 aliphatic rings. The van der Waals surface area contributed by atoms with Gasteiger partial charge < -0.3 is 19.5 Å². The van der Waals surface area contributed by atoms with Crippen molar-refractivity contribution in [3.63, 3.8) is 0 Å². The number of imidazole rings is 1. The highest BCUT2D eigenvalue weighted by molar-refractivity contribution is 5.83. The fourth-order valence-electron chi connectivity index (χ4n) is 6.01. The van der Waals surface area contributed by atoms with Gasteiger partial charge in [-0.2, -0.15) is 0 Å². The summed E-state index contributed by atoms with van der Waals surface area (Å²) in [5.74, 6) is 1.50. The van der Waals surface area contributed by atoms with E-state index in [4.69, 9.17) is 4.74 Å². The summed E-state index contributed by atoms with van der Waals surface area (Å²) in [6.07, 6.45) is 2.82. The van der Waals surface area contributed by atoms with Gasteiger partial charge in [-0.25, -0.2) is 14.2 Å². The third-order valence-electron chi connectivity index (χ3n) is 7.72. The Bertz CT molecular complexity index is 1510. The topological polar surface area (TPSA) is 61.5 Å². The third kappa shape index (κ3) is 4.62. The van der Waals surface area contributed by atoms with Gasteiger partial charge in [-0.1, -0.05) is 12.1 Å². The van der Waals surface area contributed by atoms with E-state index in [1.165, 1.54) is 6.07 Å². The van der Waals surface area contributed by atoms with Crippen molar-refractivity contribution in [3.8, 4) is 16.9 Å². The van der Waals surface area contributed by atoms with Crippen LogP contribution in [0, 0.1) is 26.6 Å². The van der Waals surface area contributed by atoms with Crippen LogP contribution in [0.2, 0.25) is 0 Å². The number of nitrogens with zero attached hydrogens (tertiary/aromatic N) is 3. The van der Waals surface area contributed by atoms with Crippen molar-refractivity contribution in [3.05, 3.63) is 82.4 Å². The Labute approximate surface area is 222 Å². The number of H-pyrrole nitrogens is 1. The Morgan fingerprint density at radius 3 is 2.74 bits per heavy atom. The third-order valence-corrected chi connectivity index (χ3v) is 7.72. The first-order valence-electron chi connectivity index (χ1n) is 13.4. The lowest BCUT2D eigenvalue weighted by atomic mass is 9.94. The number of amides is 2. The van der Waals surface area contributed by atoms with E-state index in [9.17, 15) is 9.18 Å². The molecule has 0 bridgehead atoms. The zero-order valence-corrected chi connectivity index (χ0v) is 22.2. The van der Waals surface area contributed by atoms with Crippen LogP contribution in [0.4, 0.5) is 9.18 Å². The van der Waals surface area contributed by atoms with Crippen LogP contribution in [-0.2, 0) is 6.54 Å². The van der Waals surface area contributed by atoms with Gasteiger partial charge in [0.25, 0.3) is 0 Å². The van der Waals surface area contributed by atoms with Crippen LogP contribution in [0.15, 0.2) is 48.5 Å². The summed E-state index contributed by atoms with van der Waals surface area (Å²) in [4.78, 5) is 25.6. The molecule has 6 nitrogen and oxygen atoms in total. The van der Waals surface area contributed by atoms with E-state index in [-0.39, 0.29) is 17.9 Å². The molecule has 6 rings (SSSR count). The van der Waals surface area contributed by atoms with Gasteiger partial charge in [-0.15, -0.1) is 0 Å². The molecule has 0 saturated carbocycles. The van der Waals surface area contributed by atoms with Crippen LogP contribution < -0.4 is 4.74 Å². The Morgan fingerprint density at radius 2 is 1.89 bits per heavy atom. The second-order valence-corrected chi connectivity index (χ2v) is 10.7. The summed E-state index contributed by atoms with van der Waals surface area (Å²) >= 11 is 0. The highest BCUT2D eigenvalue weighted by Crippen LogP contribution is 2.36. The number of nitrogens with one attached hydrogen (secondary N) is 1. The van der Waals surface area contributed by atoms with Crippen molar-refractivity contribution in [2.45, 2.75) is 52.6 Å². The standard InChI is InChI=1S/C31H33FN4O2/c1-19-12-24(16-26(32)13-19)29-6-4-5-9-36(29)31(37)35-10-11-38-30-20(2)14-23(15-25(30)18-35)22-7-8-27-28(17-22)34-21(3)33-27/h7-8,12-17,29H,4-6,9-11,18H2,1-3H3,(H,33,34). The minimum Gasteiger partial charge on any atom is -0.491 e. The predicted octanol–water partition coefficient (Wildman–Crippen LogP) is 6.84. The van der Waals surface area contributed by atoms with Crippen LogP contribution in [0.1, 0.15) is 53.4 Å². The SMILES string of the molecule is Cc1cc(F)cc(C2CCCCN2C(=O)N2CCOc3c(C)cc(-c4ccc5nc(C)[nH]c5c4)cc3C2)c1. The minimum atomic E-state index is -0.249. The van der Waals surface area contributed by atoms with Crippen molar-refractivity contribution in [2.75, 3.05) is 19.7 Å². The van der Waals surface area contributed by atoms with Gasteiger partial charge >= 0.3 is 6.03 Å². The van der Waals surface area contributed by atoms with Crippen LogP contribution >= 0.6 is 0 Å². The molecule has 1 unspecified atom stereocenters. The maximum Gasteiger partial charge on any atom is 0.320 e. The average molecular weight is 513 g/mol. The summed E-state index contributed by atoms with van der Waals surface area (Å²) in [5, 5.41) is 0. The van der Waals surface area contributed by atoms with E-state index < -0.39 is 0 Å². The molecule has 2 aliphatic heterocycles. The smallest absolute Gasteiger partial charge is 0.320 e. The van der Waals surface area contributed by atoms with E-state index in [1.807, 2.05) is 35.8 Å². The number of rotatable bonds is 2. The van der Waals surface area contributed by atoms with Crippen molar-refractivity contribution in [1.82, 2.24) is 19.8 Å². The summed E-state index contributed by atoms with van der Waals surface area (Å²) in [6, 6.07) is 15.5. The molecular formula is C31H33FN4O2. The second-order valence-electron chi connectivity index (χ2n) is 10.7. The molecular weight excluding hydrogens is 479 g/mol. The zero-order valence-electron chi connectivity index (χ0n) is 22.2. The Hall–Kier alpha value is -3.87. The largest absolute Gasteiger partial charge is 0.491 e. The monoisotopic (exact) mass is 512 g/mol. The number of aromatic amines is 1. The molecule has 1 atom stereocenters. The van der Waals surface area contributed by atoms with Gasteiger partial charge in [-0.3, -0.25) is 0 Å². The lowest BCUT2D eigenvalue weighted by molar-refractivity contribution is 0.110. The number of aromatic nitrogens is 2. The van der Waals surface area contributed by atoms with Gasteiger partial charge in [0.05, 0.1) is 30.2 Å². The molecule has 1 fully saturated rings. The summed E-state index contributed by atoms with van der Waals surface area (Å²) < 4.78 is 20.4. The molecule has 0 spiro atoms. The molecule has 1 saturated heterocycles. The van der Waals surface area contributed by atoms with E-state index >= 15 is 0 Å². The number of piperidine rings is 1. The normalized spacial score (nSPS) is 17.7. The number of benzene rings is 3. The molecule has 3 heterocycles. The molecule has 38 heavy (non-hydrogen) atoms. The first-order valence-corrected chi connectivity index (χ1v) is 13.4. The molecule has 3 aromatic carbocycles. The zero-order chi connectivity index (χ0) is 26.4. The van der Waals surface area contributed by atoms with Crippen LogP contribution in [-0.4, -0.2) is 45.5 Å². The van der Waals surface area contributed by atoms with E-state index in [1.54, 1.807) is 6.07 Å². The van der Waals surface area contributed by atoms with Crippen molar-refractivity contribution in [2.24, 2.45) is 0 Å². The average Bonchev–Trinajstić information content (AvgIpc) is 3.13. The van der Waals surface area contributed by atoms with Gasteiger partial charge in [0.15, 0.2) is 0 Å². The molecule has 1 aromatic heterocycles. The number of fused-ring (bicyclic) bond motifs is 2. The van der Waals surface area contributed by atoms with Gasteiger partial charge in [0, 0.05) is 12.1 Å².